The van der Waals surface area contributed by atoms with Crippen molar-refractivity contribution in [2.45, 2.75) is 23.1 Å². The smallest absolute Gasteiger partial charge is 0.139 e. The Labute approximate surface area is 115 Å². The molecule has 0 amide bonds. The second-order valence-electron chi connectivity index (χ2n) is 4.33. The molecule has 1 nitrogen and oxygen atoms in total. The van der Waals surface area contributed by atoms with Crippen molar-refractivity contribution in [3.05, 3.63) is 65.7 Å². The van der Waals surface area contributed by atoms with E-state index in [2.05, 4.69) is 0 Å². The Balaban J connectivity index is 2.10. The molecule has 0 aliphatic rings. The molecular formula is C15H15F2NS. The SMILES string of the molecule is CC(Sc1ccc(F)cc1F)C(N)c1ccccc1. The summed E-state index contributed by atoms with van der Waals surface area (Å²) in [6.07, 6.45) is 0. The first-order valence-electron chi connectivity index (χ1n) is 6.00. The Bertz CT molecular complexity index is 545. The van der Waals surface area contributed by atoms with Crippen LogP contribution in [0.2, 0.25) is 0 Å². The molecule has 2 N–H and O–H groups in total. The van der Waals surface area contributed by atoms with Crippen LogP contribution in [0.25, 0.3) is 0 Å². The van der Waals surface area contributed by atoms with Gasteiger partial charge in [-0.25, -0.2) is 8.78 Å². The van der Waals surface area contributed by atoms with Gasteiger partial charge in [0.1, 0.15) is 11.6 Å². The lowest BCUT2D eigenvalue weighted by Gasteiger charge is -2.20. The summed E-state index contributed by atoms with van der Waals surface area (Å²) in [6, 6.07) is 13.1. The lowest BCUT2D eigenvalue weighted by atomic mass is 10.1. The molecule has 2 unspecified atom stereocenters. The molecule has 4 heteroatoms. The van der Waals surface area contributed by atoms with Crippen molar-refractivity contribution in [1.29, 1.82) is 0 Å². The molecule has 2 rings (SSSR count). The van der Waals surface area contributed by atoms with E-state index in [0.717, 1.165) is 11.6 Å². The highest BCUT2D eigenvalue weighted by atomic mass is 32.2. The van der Waals surface area contributed by atoms with Crippen LogP contribution in [0.3, 0.4) is 0 Å². The first-order chi connectivity index (χ1) is 9.08. The predicted molar refractivity (Wildman–Crippen MR) is 75.0 cm³/mol. The molecule has 0 heterocycles. The maximum absolute atomic E-state index is 13.6. The van der Waals surface area contributed by atoms with Crippen LogP contribution in [0.15, 0.2) is 53.4 Å². The number of rotatable bonds is 4. The summed E-state index contributed by atoms with van der Waals surface area (Å²) in [5, 5.41) is -0.0117. The quantitative estimate of drug-likeness (QED) is 0.851. The first-order valence-corrected chi connectivity index (χ1v) is 6.88. The van der Waals surface area contributed by atoms with Crippen LogP contribution in [0.4, 0.5) is 8.78 Å². The molecule has 2 aromatic rings. The van der Waals surface area contributed by atoms with Crippen molar-refractivity contribution < 1.29 is 8.78 Å². The Morgan fingerprint density at radius 1 is 1.05 bits per heavy atom. The topological polar surface area (TPSA) is 26.0 Å². The van der Waals surface area contributed by atoms with Gasteiger partial charge in [-0.3, -0.25) is 0 Å². The number of nitrogens with two attached hydrogens (primary N) is 1. The fraction of sp³-hybridized carbons (Fsp3) is 0.200. The number of halogens is 2. The zero-order valence-electron chi connectivity index (χ0n) is 10.5. The standard InChI is InChI=1S/C15H15F2NS/c1-10(15(18)11-5-3-2-4-6-11)19-14-8-7-12(16)9-13(14)17/h2-10,15H,18H2,1H3. The van der Waals surface area contributed by atoms with Crippen LogP contribution in [-0.2, 0) is 0 Å². The van der Waals surface area contributed by atoms with E-state index in [9.17, 15) is 8.78 Å². The summed E-state index contributed by atoms with van der Waals surface area (Å²) in [4.78, 5) is 0.417. The first kappa shape index (κ1) is 14.0. The minimum atomic E-state index is -0.568. The molecule has 19 heavy (non-hydrogen) atoms. The molecule has 0 saturated carbocycles. The van der Waals surface area contributed by atoms with Crippen LogP contribution in [0.5, 0.6) is 0 Å². The van der Waals surface area contributed by atoms with E-state index in [1.54, 1.807) is 0 Å². The van der Waals surface area contributed by atoms with Crippen molar-refractivity contribution >= 4 is 11.8 Å². The third-order valence-corrected chi connectivity index (χ3v) is 4.15. The molecule has 0 radical (unpaired) electrons. The van der Waals surface area contributed by atoms with Gasteiger partial charge in [-0.1, -0.05) is 37.3 Å². The number of hydrogen-bond acceptors (Lipinski definition) is 2. The van der Waals surface area contributed by atoms with Crippen molar-refractivity contribution in [3.63, 3.8) is 0 Å². The van der Waals surface area contributed by atoms with E-state index in [4.69, 9.17) is 5.73 Å². The minimum absolute atomic E-state index is 0.0117. The normalized spacial score (nSPS) is 14.1. The van der Waals surface area contributed by atoms with E-state index in [1.807, 2.05) is 37.3 Å². The molecule has 2 atom stereocenters. The van der Waals surface area contributed by atoms with Gasteiger partial charge in [-0.2, -0.15) is 0 Å². The third-order valence-electron chi connectivity index (χ3n) is 2.90. The molecule has 0 aliphatic carbocycles. The second-order valence-corrected chi connectivity index (χ2v) is 5.75. The van der Waals surface area contributed by atoms with E-state index in [0.29, 0.717) is 4.90 Å². The Kier molecular flexibility index (Phi) is 4.56. The highest BCUT2D eigenvalue weighted by Gasteiger charge is 2.17. The maximum atomic E-state index is 13.6. The second kappa shape index (κ2) is 6.17. The fourth-order valence-corrected chi connectivity index (χ4v) is 2.81. The minimum Gasteiger partial charge on any atom is -0.323 e. The number of thioether (sulfide) groups is 1. The third kappa shape index (κ3) is 3.55. The molecular weight excluding hydrogens is 264 g/mol. The highest BCUT2D eigenvalue weighted by Crippen LogP contribution is 2.32. The zero-order valence-corrected chi connectivity index (χ0v) is 11.3. The zero-order chi connectivity index (χ0) is 13.8. The maximum Gasteiger partial charge on any atom is 0.139 e. The fourth-order valence-electron chi connectivity index (χ4n) is 1.79. The van der Waals surface area contributed by atoms with Crippen molar-refractivity contribution in [2.24, 2.45) is 5.73 Å². The van der Waals surface area contributed by atoms with E-state index >= 15 is 0 Å². The predicted octanol–water partition coefficient (Wildman–Crippen LogP) is 4.15. The van der Waals surface area contributed by atoms with Gasteiger partial charge < -0.3 is 5.73 Å². The van der Waals surface area contributed by atoms with Gasteiger partial charge in [-0.15, -0.1) is 11.8 Å². The van der Waals surface area contributed by atoms with E-state index < -0.39 is 11.6 Å². The van der Waals surface area contributed by atoms with Gasteiger partial charge in [-0.05, 0) is 17.7 Å². The molecule has 0 spiro atoms. The molecule has 100 valence electrons. The van der Waals surface area contributed by atoms with Crippen molar-refractivity contribution in [3.8, 4) is 0 Å². The average molecular weight is 279 g/mol. The summed E-state index contributed by atoms with van der Waals surface area (Å²) < 4.78 is 26.4. The molecule has 0 aromatic heterocycles. The summed E-state index contributed by atoms with van der Waals surface area (Å²) in [5.41, 5.74) is 7.15. The monoisotopic (exact) mass is 279 g/mol. The highest BCUT2D eigenvalue weighted by molar-refractivity contribution is 8.00. The van der Waals surface area contributed by atoms with E-state index in [1.165, 1.54) is 23.9 Å². The number of benzene rings is 2. The van der Waals surface area contributed by atoms with Gasteiger partial charge in [0.05, 0.1) is 0 Å². The Hall–Kier alpha value is -1.39. The molecule has 2 aromatic carbocycles. The van der Waals surface area contributed by atoms with Gasteiger partial charge in [0.15, 0.2) is 0 Å². The van der Waals surface area contributed by atoms with Crippen LogP contribution in [0, 0.1) is 11.6 Å². The van der Waals surface area contributed by atoms with Gasteiger partial charge in [0.2, 0.25) is 0 Å². The van der Waals surface area contributed by atoms with Gasteiger partial charge in [0.25, 0.3) is 0 Å². The lowest BCUT2D eigenvalue weighted by Crippen LogP contribution is -2.21. The van der Waals surface area contributed by atoms with Gasteiger partial charge >= 0.3 is 0 Å². The largest absolute Gasteiger partial charge is 0.323 e. The molecule has 0 saturated heterocycles. The molecule has 0 bridgehead atoms. The molecule has 0 fully saturated rings. The van der Waals surface area contributed by atoms with Crippen LogP contribution < -0.4 is 5.73 Å². The summed E-state index contributed by atoms with van der Waals surface area (Å²) >= 11 is 1.32. The Morgan fingerprint density at radius 3 is 2.37 bits per heavy atom. The van der Waals surface area contributed by atoms with Crippen molar-refractivity contribution in [2.75, 3.05) is 0 Å². The summed E-state index contributed by atoms with van der Waals surface area (Å²) in [6.45, 7) is 1.94. The van der Waals surface area contributed by atoms with Crippen molar-refractivity contribution in [1.82, 2.24) is 0 Å². The summed E-state index contributed by atoms with van der Waals surface area (Å²) in [5.74, 6) is -1.11. The average Bonchev–Trinajstić information content (AvgIpc) is 2.42. The van der Waals surface area contributed by atoms with Crippen LogP contribution in [0.1, 0.15) is 18.5 Å². The van der Waals surface area contributed by atoms with Crippen LogP contribution >= 0.6 is 11.8 Å². The van der Waals surface area contributed by atoms with Gasteiger partial charge in [0, 0.05) is 22.3 Å². The lowest BCUT2D eigenvalue weighted by molar-refractivity contribution is 0.565. The van der Waals surface area contributed by atoms with Crippen LogP contribution in [-0.4, -0.2) is 5.25 Å². The Morgan fingerprint density at radius 2 is 1.74 bits per heavy atom. The summed E-state index contributed by atoms with van der Waals surface area (Å²) in [7, 11) is 0. The van der Waals surface area contributed by atoms with E-state index in [-0.39, 0.29) is 11.3 Å². The molecule has 0 aliphatic heterocycles. The number of hydrogen-bond donors (Lipinski definition) is 1.